The molecule has 0 aromatic rings. The molecule has 3 N–H and O–H groups in total. The van der Waals surface area contributed by atoms with Crippen molar-refractivity contribution < 1.29 is 8.42 Å². The zero-order valence-corrected chi connectivity index (χ0v) is 8.81. The highest BCUT2D eigenvalue weighted by molar-refractivity contribution is 7.89. The Labute approximate surface area is 79.9 Å². The van der Waals surface area contributed by atoms with Gasteiger partial charge in [-0.2, -0.15) is 0 Å². The lowest BCUT2D eigenvalue weighted by Crippen LogP contribution is -2.41. The second kappa shape index (κ2) is 4.39. The first-order valence-corrected chi connectivity index (χ1v) is 6.42. The first-order chi connectivity index (χ1) is 6.07. The molecule has 0 saturated heterocycles. The van der Waals surface area contributed by atoms with Gasteiger partial charge in [0.25, 0.3) is 0 Å². The fourth-order valence-corrected chi connectivity index (χ4v) is 3.02. The molecule has 0 amide bonds. The largest absolute Gasteiger partial charge is 0.329 e. The Morgan fingerprint density at radius 2 is 2.15 bits per heavy atom. The standard InChI is InChI=1S/C8H18N2O2S/c1-2-8(5-9)10-13(11,12)6-7-3-4-7/h7-8,10H,2-6,9H2,1H3. The van der Waals surface area contributed by atoms with Crippen LogP contribution in [0.5, 0.6) is 0 Å². The predicted octanol–water partition coefficient (Wildman–Crippen LogP) is 0.0531. The molecule has 1 rings (SSSR count). The Morgan fingerprint density at radius 3 is 2.54 bits per heavy atom. The van der Waals surface area contributed by atoms with Gasteiger partial charge in [-0.3, -0.25) is 0 Å². The maximum absolute atomic E-state index is 11.4. The molecule has 1 saturated carbocycles. The smallest absolute Gasteiger partial charge is 0.212 e. The average molecular weight is 206 g/mol. The van der Waals surface area contributed by atoms with Crippen LogP contribution in [0.4, 0.5) is 0 Å². The first-order valence-electron chi connectivity index (χ1n) is 4.77. The third-order valence-electron chi connectivity index (χ3n) is 2.28. The van der Waals surface area contributed by atoms with Gasteiger partial charge in [-0.05, 0) is 25.2 Å². The fraction of sp³-hybridized carbons (Fsp3) is 1.00. The maximum Gasteiger partial charge on any atom is 0.212 e. The Morgan fingerprint density at radius 1 is 1.54 bits per heavy atom. The highest BCUT2D eigenvalue weighted by Gasteiger charge is 2.28. The van der Waals surface area contributed by atoms with Crippen LogP contribution in [0.2, 0.25) is 0 Å². The molecule has 1 atom stereocenters. The minimum Gasteiger partial charge on any atom is -0.329 e. The molecule has 1 aliphatic carbocycles. The molecule has 0 aromatic heterocycles. The SMILES string of the molecule is CCC(CN)NS(=O)(=O)CC1CC1. The predicted molar refractivity (Wildman–Crippen MR) is 52.8 cm³/mol. The third kappa shape index (κ3) is 4.06. The van der Waals surface area contributed by atoms with E-state index in [1.807, 2.05) is 6.92 Å². The van der Waals surface area contributed by atoms with E-state index in [0.29, 0.717) is 12.5 Å². The zero-order valence-electron chi connectivity index (χ0n) is 7.99. The van der Waals surface area contributed by atoms with Crippen molar-refractivity contribution in [2.24, 2.45) is 11.7 Å². The van der Waals surface area contributed by atoms with E-state index in [-0.39, 0.29) is 11.8 Å². The topological polar surface area (TPSA) is 72.2 Å². The molecular weight excluding hydrogens is 188 g/mol. The van der Waals surface area contributed by atoms with Crippen molar-refractivity contribution in [2.45, 2.75) is 32.2 Å². The number of nitrogens with one attached hydrogen (secondary N) is 1. The van der Waals surface area contributed by atoms with Crippen LogP contribution in [0.25, 0.3) is 0 Å². The van der Waals surface area contributed by atoms with Gasteiger partial charge in [0.1, 0.15) is 0 Å². The van der Waals surface area contributed by atoms with E-state index < -0.39 is 10.0 Å². The summed E-state index contributed by atoms with van der Waals surface area (Å²) in [6.07, 6.45) is 2.86. The molecule has 1 aliphatic rings. The molecule has 0 radical (unpaired) electrons. The van der Waals surface area contributed by atoms with Crippen LogP contribution in [-0.2, 0) is 10.0 Å². The van der Waals surface area contributed by atoms with E-state index >= 15 is 0 Å². The summed E-state index contributed by atoms with van der Waals surface area (Å²) in [4.78, 5) is 0. The molecule has 13 heavy (non-hydrogen) atoms. The summed E-state index contributed by atoms with van der Waals surface area (Å²) in [6.45, 7) is 2.30. The Kier molecular flexibility index (Phi) is 3.70. The Bertz CT molecular complexity index is 243. The highest BCUT2D eigenvalue weighted by atomic mass is 32.2. The quantitative estimate of drug-likeness (QED) is 0.645. The van der Waals surface area contributed by atoms with Gasteiger partial charge in [0, 0.05) is 12.6 Å². The normalized spacial score (nSPS) is 20.2. The van der Waals surface area contributed by atoms with Crippen molar-refractivity contribution in [2.75, 3.05) is 12.3 Å². The summed E-state index contributed by atoms with van der Waals surface area (Å²) in [5.41, 5.74) is 5.41. The number of hydrogen-bond acceptors (Lipinski definition) is 3. The molecular formula is C8H18N2O2S. The Hall–Kier alpha value is -0.130. The summed E-state index contributed by atoms with van der Waals surface area (Å²) in [6, 6.07) is -0.0938. The molecule has 0 aliphatic heterocycles. The summed E-state index contributed by atoms with van der Waals surface area (Å²) < 4.78 is 25.5. The molecule has 0 spiro atoms. The third-order valence-corrected chi connectivity index (χ3v) is 3.88. The molecule has 0 bridgehead atoms. The van der Waals surface area contributed by atoms with Crippen molar-refractivity contribution in [1.82, 2.24) is 4.72 Å². The van der Waals surface area contributed by atoms with E-state index in [1.165, 1.54) is 0 Å². The minimum absolute atomic E-state index is 0.0938. The lowest BCUT2D eigenvalue weighted by atomic mass is 10.2. The van der Waals surface area contributed by atoms with E-state index in [1.54, 1.807) is 0 Å². The lowest BCUT2D eigenvalue weighted by Gasteiger charge is -2.14. The second-order valence-electron chi connectivity index (χ2n) is 3.68. The van der Waals surface area contributed by atoms with Gasteiger partial charge in [0.15, 0.2) is 0 Å². The fourth-order valence-electron chi connectivity index (χ4n) is 1.19. The Balaban J connectivity index is 2.39. The van der Waals surface area contributed by atoms with Crippen LogP contribution in [-0.4, -0.2) is 26.8 Å². The van der Waals surface area contributed by atoms with Gasteiger partial charge < -0.3 is 5.73 Å². The van der Waals surface area contributed by atoms with Crippen LogP contribution < -0.4 is 10.5 Å². The molecule has 0 aromatic carbocycles. The maximum atomic E-state index is 11.4. The van der Waals surface area contributed by atoms with Crippen LogP contribution in [0.15, 0.2) is 0 Å². The minimum atomic E-state index is -3.07. The lowest BCUT2D eigenvalue weighted by molar-refractivity contribution is 0.540. The van der Waals surface area contributed by atoms with Crippen molar-refractivity contribution in [3.05, 3.63) is 0 Å². The zero-order chi connectivity index (χ0) is 9.90. The monoisotopic (exact) mass is 206 g/mol. The number of nitrogens with two attached hydrogens (primary N) is 1. The summed E-state index contributed by atoms with van der Waals surface area (Å²) >= 11 is 0. The number of rotatable bonds is 6. The van der Waals surface area contributed by atoms with Crippen molar-refractivity contribution in [3.63, 3.8) is 0 Å². The number of sulfonamides is 1. The van der Waals surface area contributed by atoms with E-state index in [4.69, 9.17) is 5.73 Å². The molecule has 0 heterocycles. The average Bonchev–Trinajstić information content (AvgIpc) is 2.83. The van der Waals surface area contributed by atoms with Crippen molar-refractivity contribution in [3.8, 4) is 0 Å². The number of hydrogen-bond donors (Lipinski definition) is 2. The summed E-state index contributed by atoms with van der Waals surface area (Å²) in [5.74, 6) is 0.677. The van der Waals surface area contributed by atoms with Crippen molar-refractivity contribution >= 4 is 10.0 Å². The van der Waals surface area contributed by atoms with Gasteiger partial charge in [-0.15, -0.1) is 0 Å². The van der Waals surface area contributed by atoms with Gasteiger partial charge in [0.05, 0.1) is 5.75 Å². The summed E-state index contributed by atoms with van der Waals surface area (Å²) in [5, 5.41) is 0. The van der Waals surface area contributed by atoms with E-state index in [0.717, 1.165) is 19.3 Å². The molecule has 1 unspecified atom stereocenters. The second-order valence-corrected chi connectivity index (χ2v) is 5.48. The highest BCUT2D eigenvalue weighted by Crippen LogP contribution is 2.29. The van der Waals surface area contributed by atoms with Crippen LogP contribution in [0.1, 0.15) is 26.2 Å². The van der Waals surface area contributed by atoms with E-state index in [2.05, 4.69) is 4.72 Å². The van der Waals surface area contributed by atoms with E-state index in [9.17, 15) is 8.42 Å². The molecule has 5 heteroatoms. The first kappa shape index (κ1) is 10.9. The van der Waals surface area contributed by atoms with Crippen LogP contribution in [0.3, 0.4) is 0 Å². The van der Waals surface area contributed by atoms with Crippen LogP contribution >= 0.6 is 0 Å². The van der Waals surface area contributed by atoms with Gasteiger partial charge in [0.2, 0.25) is 10.0 Å². The van der Waals surface area contributed by atoms with Gasteiger partial charge in [-0.1, -0.05) is 6.92 Å². The van der Waals surface area contributed by atoms with Crippen LogP contribution in [0, 0.1) is 5.92 Å². The summed E-state index contributed by atoms with van der Waals surface area (Å²) in [7, 11) is -3.07. The van der Waals surface area contributed by atoms with Gasteiger partial charge in [-0.25, -0.2) is 13.1 Å². The van der Waals surface area contributed by atoms with Gasteiger partial charge >= 0.3 is 0 Å². The molecule has 4 nitrogen and oxygen atoms in total. The molecule has 78 valence electrons. The van der Waals surface area contributed by atoms with Crippen molar-refractivity contribution in [1.29, 1.82) is 0 Å². The molecule has 1 fully saturated rings.